The molecular formula is C11H11N7O. The van der Waals surface area contributed by atoms with E-state index in [1.54, 1.807) is 24.8 Å². The zero-order valence-electron chi connectivity index (χ0n) is 9.89. The molecule has 3 heterocycles. The summed E-state index contributed by atoms with van der Waals surface area (Å²) in [6.45, 7) is 0. The predicted molar refractivity (Wildman–Crippen MR) is 64.5 cm³/mol. The smallest absolute Gasteiger partial charge is 0.244 e. The van der Waals surface area contributed by atoms with Crippen LogP contribution in [0.1, 0.15) is 17.6 Å². The highest BCUT2D eigenvalue weighted by molar-refractivity contribution is 5.46. The molecule has 0 aliphatic heterocycles. The number of aromatic nitrogens is 6. The summed E-state index contributed by atoms with van der Waals surface area (Å²) >= 11 is 0. The highest BCUT2D eigenvalue weighted by atomic mass is 16.5. The van der Waals surface area contributed by atoms with E-state index in [0.717, 1.165) is 5.69 Å². The summed E-state index contributed by atoms with van der Waals surface area (Å²) in [5, 5.41) is 3.85. The van der Waals surface area contributed by atoms with Crippen molar-refractivity contribution < 1.29 is 4.52 Å². The molecule has 0 aliphatic carbocycles. The van der Waals surface area contributed by atoms with Crippen LogP contribution in [0.25, 0.3) is 11.5 Å². The molecule has 0 spiro atoms. The minimum absolute atomic E-state index is 0.364. The molecule has 0 saturated heterocycles. The van der Waals surface area contributed by atoms with Gasteiger partial charge in [0.25, 0.3) is 0 Å². The van der Waals surface area contributed by atoms with Crippen LogP contribution in [-0.2, 0) is 6.42 Å². The summed E-state index contributed by atoms with van der Waals surface area (Å²) in [6, 6.07) is 1.32. The van der Waals surface area contributed by atoms with Crippen molar-refractivity contribution in [3.8, 4) is 11.5 Å². The van der Waals surface area contributed by atoms with Crippen molar-refractivity contribution in [2.24, 2.45) is 5.73 Å². The van der Waals surface area contributed by atoms with E-state index in [-0.39, 0.29) is 6.04 Å². The minimum atomic E-state index is -0.386. The molecule has 3 aromatic heterocycles. The maximum atomic E-state index is 6.00. The first-order valence-electron chi connectivity index (χ1n) is 5.66. The Morgan fingerprint density at radius 1 is 1.37 bits per heavy atom. The molecule has 8 nitrogen and oxygen atoms in total. The molecule has 0 aromatic carbocycles. The van der Waals surface area contributed by atoms with E-state index < -0.39 is 0 Å². The van der Waals surface area contributed by atoms with Gasteiger partial charge in [0, 0.05) is 24.5 Å². The average Bonchev–Trinajstić information content (AvgIpc) is 3.10. The number of hydrogen-bond acceptors (Lipinski definition) is 7. The molecule has 0 fully saturated rings. The summed E-state index contributed by atoms with van der Waals surface area (Å²) in [7, 11) is 0. The van der Waals surface area contributed by atoms with Gasteiger partial charge in [-0.2, -0.15) is 4.98 Å². The van der Waals surface area contributed by atoms with Gasteiger partial charge in [-0.15, -0.1) is 0 Å². The highest BCUT2D eigenvalue weighted by Crippen LogP contribution is 2.17. The van der Waals surface area contributed by atoms with E-state index in [1.807, 2.05) is 0 Å². The first kappa shape index (κ1) is 11.5. The number of imidazole rings is 1. The summed E-state index contributed by atoms with van der Waals surface area (Å²) in [5.41, 5.74) is 7.51. The lowest BCUT2D eigenvalue weighted by molar-refractivity contribution is 0.354. The van der Waals surface area contributed by atoms with Crippen LogP contribution in [0.2, 0.25) is 0 Å². The van der Waals surface area contributed by atoms with Crippen molar-refractivity contribution in [1.82, 2.24) is 30.1 Å². The molecule has 0 amide bonds. The van der Waals surface area contributed by atoms with E-state index in [9.17, 15) is 0 Å². The second kappa shape index (κ2) is 4.94. The Kier molecular flexibility index (Phi) is 2.99. The van der Waals surface area contributed by atoms with E-state index >= 15 is 0 Å². The fourth-order valence-electron chi connectivity index (χ4n) is 1.63. The second-order valence-electron chi connectivity index (χ2n) is 3.94. The molecule has 0 aliphatic rings. The van der Waals surface area contributed by atoms with E-state index in [1.165, 1.54) is 6.33 Å². The number of rotatable bonds is 4. The van der Waals surface area contributed by atoms with Crippen LogP contribution in [0.15, 0.2) is 35.6 Å². The Bertz CT molecular complexity index is 634. The molecule has 0 saturated carbocycles. The number of nitrogens with zero attached hydrogens (tertiary/aromatic N) is 5. The summed E-state index contributed by atoms with van der Waals surface area (Å²) in [6.07, 6.45) is 6.90. The van der Waals surface area contributed by atoms with Crippen LogP contribution in [0.5, 0.6) is 0 Å². The molecule has 1 atom stereocenters. The Balaban J connectivity index is 1.78. The third-order valence-electron chi connectivity index (χ3n) is 2.56. The van der Waals surface area contributed by atoms with Gasteiger partial charge in [0.15, 0.2) is 0 Å². The van der Waals surface area contributed by atoms with Crippen molar-refractivity contribution >= 4 is 0 Å². The SMILES string of the molecule is N[C@H](Cc1cnc[nH]1)c1nc(-c2ccncn2)no1. The van der Waals surface area contributed by atoms with Gasteiger partial charge in [-0.25, -0.2) is 15.0 Å². The van der Waals surface area contributed by atoms with Crippen molar-refractivity contribution in [2.75, 3.05) is 0 Å². The van der Waals surface area contributed by atoms with E-state index in [2.05, 4.69) is 30.1 Å². The van der Waals surface area contributed by atoms with Gasteiger partial charge in [-0.05, 0) is 6.07 Å². The fourth-order valence-corrected chi connectivity index (χ4v) is 1.63. The maximum absolute atomic E-state index is 6.00. The van der Waals surface area contributed by atoms with E-state index in [0.29, 0.717) is 23.8 Å². The molecule has 3 rings (SSSR count). The number of hydrogen-bond donors (Lipinski definition) is 2. The van der Waals surface area contributed by atoms with Gasteiger partial charge < -0.3 is 15.2 Å². The number of nitrogens with two attached hydrogens (primary N) is 1. The lowest BCUT2D eigenvalue weighted by Gasteiger charge is -2.03. The monoisotopic (exact) mass is 257 g/mol. The molecule has 3 aromatic rings. The van der Waals surface area contributed by atoms with Crippen LogP contribution in [0, 0.1) is 0 Å². The third kappa shape index (κ3) is 2.47. The third-order valence-corrected chi connectivity index (χ3v) is 2.56. The normalized spacial score (nSPS) is 12.5. The Hall–Kier alpha value is -2.61. The highest BCUT2D eigenvalue weighted by Gasteiger charge is 2.17. The van der Waals surface area contributed by atoms with Crippen LogP contribution >= 0.6 is 0 Å². The molecule has 19 heavy (non-hydrogen) atoms. The van der Waals surface area contributed by atoms with Crippen LogP contribution in [0.3, 0.4) is 0 Å². The van der Waals surface area contributed by atoms with Crippen LogP contribution < -0.4 is 5.73 Å². The fraction of sp³-hybridized carbons (Fsp3) is 0.182. The van der Waals surface area contributed by atoms with Gasteiger partial charge in [-0.1, -0.05) is 5.16 Å². The zero-order valence-corrected chi connectivity index (χ0v) is 9.89. The molecular weight excluding hydrogens is 246 g/mol. The van der Waals surface area contributed by atoms with Crippen molar-refractivity contribution in [3.63, 3.8) is 0 Å². The number of nitrogens with one attached hydrogen (secondary N) is 1. The minimum Gasteiger partial charge on any atom is -0.348 e. The van der Waals surface area contributed by atoms with Gasteiger partial charge in [-0.3, -0.25) is 0 Å². The topological polar surface area (TPSA) is 119 Å². The number of aromatic amines is 1. The van der Waals surface area contributed by atoms with Crippen LogP contribution in [-0.4, -0.2) is 30.1 Å². The van der Waals surface area contributed by atoms with E-state index in [4.69, 9.17) is 10.3 Å². The van der Waals surface area contributed by atoms with Gasteiger partial charge in [0.05, 0.1) is 12.4 Å². The predicted octanol–water partition coefficient (Wildman–Crippen LogP) is 0.492. The Morgan fingerprint density at radius 2 is 2.32 bits per heavy atom. The second-order valence-corrected chi connectivity index (χ2v) is 3.94. The first-order chi connectivity index (χ1) is 9.33. The first-order valence-corrected chi connectivity index (χ1v) is 5.66. The molecule has 3 N–H and O–H groups in total. The quantitative estimate of drug-likeness (QED) is 0.697. The molecule has 0 radical (unpaired) electrons. The molecule has 0 unspecified atom stereocenters. The van der Waals surface area contributed by atoms with Crippen molar-refractivity contribution in [2.45, 2.75) is 12.5 Å². The zero-order chi connectivity index (χ0) is 13.1. The lowest BCUT2D eigenvalue weighted by Crippen LogP contribution is -2.14. The Labute approximate surface area is 108 Å². The summed E-state index contributed by atoms with van der Waals surface area (Å²) in [4.78, 5) is 19.0. The Morgan fingerprint density at radius 3 is 3.05 bits per heavy atom. The summed E-state index contributed by atoms with van der Waals surface area (Å²) < 4.78 is 5.15. The van der Waals surface area contributed by atoms with Crippen LogP contribution in [0.4, 0.5) is 0 Å². The van der Waals surface area contributed by atoms with Gasteiger partial charge in [0.1, 0.15) is 12.0 Å². The lowest BCUT2D eigenvalue weighted by atomic mass is 10.2. The average molecular weight is 257 g/mol. The molecule has 96 valence electrons. The maximum Gasteiger partial charge on any atom is 0.244 e. The largest absolute Gasteiger partial charge is 0.348 e. The molecule has 0 bridgehead atoms. The van der Waals surface area contributed by atoms with Crippen molar-refractivity contribution in [3.05, 3.63) is 42.7 Å². The standard InChI is InChI=1S/C11H11N7O/c12-8(3-7-4-14-6-15-7)11-17-10(18-19-11)9-1-2-13-5-16-9/h1-2,4-6,8H,3,12H2,(H,14,15)/t8-/m1/s1. The van der Waals surface area contributed by atoms with Gasteiger partial charge in [0.2, 0.25) is 11.7 Å². The summed E-state index contributed by atoms with van der Waals surface area (Å²) in [5.74, 6) is 0.765. The van der Waals surface area contributed by atoms with Crippen molar-refractivity contribution in [1.29, 1.82) is 0 Å². The van der Waals surface area contributed by atoms with Gasteiger partial charge >= 0.3 is 0 Å². The molecule has 8 heteroatoms. The number of H-pyrrole nitrogens is 1.